The molecule has 0 aromatic heterocycles. The average Bonchev–Trinajstić information content (AvgIpc) is 2.97. The molecule has 2 heterocycles. The van der Waals surface area contributed by atoms with E-state index in [1.807, 2.05) is 0 Å². The number of hydrogen-bond donors (Lipinski definition) is 1. The van der Waals surface area contributed by atoms with E-state index in [-0.39, 0.29) is 6.10 Å². The first kappa shape index (κ1) is 13.2. The van der Waals surface area contributed by atoms with Crippen LogP contribution in [0.2, 0.25) is 0 Å². The van der Waals surface area contributed by atoms with Crippen molar-refractivity contribution >= 4 is 11.7 Å². The molecule has 0 saturated carbocycles. The molecule has 3 rings (SSSR count). The van der Waals surface area contributed by atoms with Crippen LogP contribution < -0.4 is 10.2 Å². The molecule has 108 valence electrons. The summed E-state index contributed by atoms with van der Waals surface area (Å²) in [6.07, 6.45) is 0.233. The van der Waals surface area contributed by atoms with Crippen molar-refractivity contribution in [1.82, 2.24) is 10.2 Å². The maximum atomic E-state index is 5.71. The van der Waals surface area contributed by atoms with Crippen molar-refractivity contribution in [2.75, 3.05) is 51.2 Å². The average molecular weight is 274 g/mol. The number of nitrogens with zero attached hydrogens (tertiary/aromatic N) is 3. The van der Waals surface area contributed by atoms with Gasteiger partial charge < -0.3 is 15.0 Å². The van der Waals surface area contributed by atoms with E-state index in [1.165, 1.54) is 5.69 Å². The van der Waals surface area contributed by atoms with Crippen LogP contribution in [0.1, 0.15) is 0 Å². The van der Waals surface area contributed by atoms with Gasteiger partial charge in [-0.15, -0.1) is 0 Å². The topological polar surface area (TPSA) is 40.1 Å². The number of benzene rings is 1. The lowest BCUT2D eigenvalue weighted by atomic mass is 10.2. The van der Waals surface area contributed by atoms with E-state index in [4.69, 9.17) is 4.74 Å². The van der Waals surface area contributed by atoms with Gasteiger partial charge >= 0.3 is 0 Å². The molecule has 0 radical (unpaired) electrons. The van der Waals surface area contributed by atoms with Crippen LogP contribution in [-0.4, -0.2) is 63.3 Å². The molecule has 1 atom stereocenters. The van der Waals surface area contributed by atoms with Crippen molar-refractivity contribution < 1.29 is 4.74 Å². The molecule has 2 aliphatic heterocycles. The summed E-state index contributed by atoms with van der Waals surface area (Å²) < 4.78 is 5.71. The van der Waals surface area contributed by atoms with Gasteiger partial charge in [-0.05, 0) is 12.1 Å². The number of nitrogens with one attached hydrogen (secondary N) is 1. The number of anilines is 1. The molecule has 0 spiro atoms. The summed E-state index contributed by atoms with van der Waals surface area (Å²) in [6.45, 7) is 6.19. The fraction of sp³-hybridized carbons (Fsp3) is 0.533. The van der Waals surface area contributed by atoms with E-state index in [1.54, 1.807) is 7.05 Å². The highest BCUT2D eigenvalue weighted by molar-refractivity contribution is 5.75. The van der Waals surface area contributed by atoms with E-state index in [0.29, 0.717) is 6.02 Å². The summed E-state index contributed by atoms with van der Waals surface area (Å²) in [7, 11) is 1.75. The molecule has 2 fully saturated rings. The Balaban J connectivity index is 1.47. The van der Waals surface area contributed by atoms with Gasteiger partial charge in [0.05, 0.1) is 6.54 Å². The van der Waals surface area contributed by atoms with Gasteiger partial charge in [-0.25, -0.2) is 4.99 Å². The fourth-order valence-corrected chi connectivity index (χ4v) is 2.79. The van der Waals surface area contributed by atoms with Gasteiger partial charge in [0, 0.05) is 45.5 Å². The zero-order chi connectivity index (χ0) is 13.8. The summed E-state index contributed by atoms with van der Waals surface area (Å²) in [4.78, 5) is 8.96. The predicted molar refractivity (Wildman–Crippen MR) is 81.3 cm³/mol. The molecule has 20 heavy (non-hydrogen) atoms. The lowest BCUT2D eigenvalue weighted by Gasteiger charge is -2.36. The third-order valence-electron chi connectivity index (χ3n) is 3.92. The Morgan fingerprint density at radius 2 is 1.95 bits per heavy atom. The van der Waals surface area contributed by atoms with Crippen LogP contribution in [0.5, 0.6) is 0 Å². The second-order valence-corrected chi connectivity index (χ2v) is 5.27. The molecular formula is C15H22N4O. The molecule has 2 saturated heterocycles. The minimum absolute atomic E-state index is 0.233. The minimum Gasteiger partial charge on any atom is -0.459 e. The van der Waals surface area contributed by atoms with Crippen molar-refractivity contribution in [2.45, 2.75) is 6.10 Å². The summed E-state index contributed by atoms with van der Waals surface area (Å²) in [5.41, 5.74) is 1.33. The predicted octanol–water partition coefficient (Wildman–Crippen LogP) is 0.783. The maximum absolute atomic E-state index is 5.71. The molecule has 0 amide bonds. The fourth-order valence-electron chi connectivity index (χ4n) is 2.79. The number of para-hydroxylation sites is 1. The Morgan fingerprint density at radius 1 is 1.20 bits per heavy atom. The number of hydrogen-bond acceptors (Lipinski definition) is 4. The van der Waals surface area contributed by atoms with Gasteiger partial charge in [-0.2, -0.15) is 0 Å². The van der Waals surface area contributed by atoms with Crippen molar-refractivity contribution in [2.24, 2.45) is 4.99 Å². The Hall–Kier alpha value is -1.75. The first-order valence-electron chi connectivity index (χ1n) is 7.25. The van der Waals surface area contributed by atoms with E-state index in [9.17, 15) is 0 Å². The Bertz CT molecular complexity index is 454. The van der Waals surface area contributed by atoms with Crippen LogP contribution in [0.15, 0.2) is 35.3 Å². The largest absolute Gasteiger partial charge is 0.459 e. The molecule has 0 aliphatic carbocycles. The third kappa shape index (κ3) is 3.04. The SMILES string of the molecule is CN=C1NCC(CN2CCN(c3ccccc3)CC2)O1. The lowest BCUT2D eigenvalue weighted by Crippen LogP contribution is -2.49. The molecule has 5 heteroatoms. The van der Waals surface area contributed by atoms with Crippen LogP contribution in [-0.2, 0) is 4.74 Å². The van der Waals surface area contributed by atoms with Gasteiger partial charge in [0.1, 0.15) is 6.10 Å². The number of amidine groups is 1. The van der Waals surface area contributed by atoms with E-state index in [0.717, 1.165) is 39.3 Å². The normalized spacial score (nSPS) is 25.6. The summed E-state index contributed by atoms with van der Waals surface area (Å²) in [6, 6.07) is 11.3. The second-order valence-electron chi connectivity index (χ2n) is 5.27. The monoisotopic (exact) mass is 274 g/mol. The van der Waals surface area contributed by atoms with Gasteiger partial charge in [0.15, 0.2) is 0 Å². The van der Waals surface area contributed by atoms with Crippen LogP contribution in [0.4, 0.5) is 5.69 Å². The minimum atomic E-state index is 0.233. The Morgan fingerprint density at radius 3 is 2.60 bits per heavy atom. The second kappa shape index (κ2) is 6.13. The molecule has 0 bridgehead atoms. The highest BCUT2D eigenvalue weighted by Crippen LogP contribution is 2.16. The number of rotatable bonds is 3. The van der Waals surface area contributed by atoms with E-state index < -0.39 is 0 Å². The molecule has 1 N–H and O–H groups in total. The summed E-state index contributed by atoms with van der Waals surface area (Å²) in [5.74, 6) is 0. The lowest BCUT2D eigenvalue weighted by molar-refractivity contribution is 0.144. The van der Waals surface area contributed by atoms with Crippen molar-refractivity contribution in [3.05, 3.63) is 30.3 Å². The Kier molecular flexibility index (Phi) is 4.06. The molecule has 2 aliphatic rings. The number of piperazine rings is 1. The number of ether oxygens (including phenoxy) is 1. The third-order valence-corrected chi connectivity index (χ3v) is 3.92. The van der Waals surface area contributed by atoms with Crippen LogP contribution in [0, 0.1) is 0 Å². The van der Waals surface area contributed by atoms with Crippen molar-refractivity contribution in [1.29, 1.82) is 0 Å². The maximum Gasteiger partial charge on any atom is 0.284 e. The number of aliphatic imine (C=N–C) groups is 1. The van der Waals surface area contributed by atoms with Gasteiger partial charge in [-0.1, -0.05) is 18.2 Å². The first-order valence-corrected chi connectivity index (χ1v) is 7.25. The molecular weight excluding hydrogens is 252 g/mol. The van der Waals surface area contributed by atoms with Crippen LogP contribution in [0.25, 0.3) is 0 Å². The first-order chi connectivity index (χ1) is 9.85. The van der Waals surface area contributed by atoms with Crippen LogP contribution >= 0.6 is 0 Å². The highest BCUT2D eigenvalue weighted by Gasteiger charge is 2.25. The zero-order valence-electron chi connectivity index (χ0n) is 12.0. The molecule has 1 aromatic carbocycles. The van der Waals surface area contributed by atoms with E-state index in [2.05, 4.69) is 50.4 Å². The standard InChI is InChI=1S/C15H22N4O/c1-16-15-17-11-14(20-15)12-18-7-9-19(10-8-18)13-5-3-2-4-6-13/h2-6,14H,7-12H2,1H3,(H,16,17). The Labute approximate surface area is 120 Å². The summed E-state index contributed by atoms with van der Waals surface area (Å²) >= 11 is 0. The summed E-state index contributed by atoms with van der Waals surface area (Å²) in [5, 5.41) is 3.17. The molecule has 1 aromatic rings. The van der Waals surface area contributed by atoms with Gasteiger partial charge in [0.25, 0.3) is 6.02 Å². The quantitative estimate of drug-likeness (QED) is 0.884. The van der Waals surface area contributed by atoms with Crippen LogP contribution in [0.3, 0.4) is 0 Å². The van der Waals surface area contributed by atoms with Crippen molar-refractivity contribution in [3.8, 4) is 0 Å². The van der Waals surface area contributed by atoms with Gasteiger partial charge in [-0.3, -0.25) is 4.90 Å². The highest BCUT2D eigenvalue weighted by atomic mass is 16.5. The van der Waals surface area contributed by atoms with Crippen molar-refractivity contribution in [3.63, 3.8) is 0 Å². The smallest absolute Gasteiger partial charge is 0.284 e. The molecule has 1 unspecified atom stereocenters. The molecule has 5 nitrogen and oxygen atoms in total. The van der Waals surface area contributed by atoms with E-state index >= 15 is 0 Å². The van der Waals surface area contributed by atoms with Gasteiger partial charge in [0.2, 0.25) is 0 Å². The zero-order valence-corrected chi connectivity index (χ0v) is 12.0.